The minimum Gasteiger partial charge on any atom is -0.350 e. The number of rotatable bonds is 3. The Morgan fingerprint density at radius 2 is 2.16 bits per heavy atom. The summed E-state index contributed by atoms with van der Waals surface area (Å²) in [5.74, 6) is 1.37. The largest absolute Gasteiger partial charge is 0.350 e. The molecular formula is C15H23NO3. The van der Waals surface area contributed by atoms with E-state index in [4.69, 9.17) is 9.47 Å². The van der Waals surface area contributed by atoms with Crippen LogP contribution in [-0.4, -0.2) is 42.9 Å². The van der Waals surface area contributed by atoms with E-state index < -0.39 is 0 Å². The van der Waals surface area contributed by atoms with Gasteiger partial charge >= 0.3 is 0 Å². The molecule has 19 heavy (non-hydrogen) atoms. The SMILES string of the molecule is C/C=C\[C@H]1C[C@H]2CCC(=O)N2C[C@@H]1CC1OCCO1. The number of nitrogens with zero attached hydrogens (tertiary/aromatic N) is 1. The molecule has 0 spiro atoms. The molecule has 3 aliphatic rings. The Balaban J connectivity index is 1.68. The lowest BCUT2D eigenvalue weighted by Gasteiger charge is -2.40. The summed E-state index contributed by atoms with van der Waals surface area (Å²) in [6.07, 6.45) is 8.16. The number of carbonyl (C=O) groups excluding carboxylic acids is 1. The molecule has 0 bridgehead atoms. The normalized spacial score (nSPS) is 36.4. The number of fused-ring (bicyclic) bond motifs is 1. The predicted octanol–water partition coefficient (Wildman–Crippen LogP) is 1.95. The Bertz CT molecular complexity index is 362. The molecule has 3 fully saturated rings. The molecule has 0 radical (unpaired) electrons. The summed E-state index contributed by atoms with van der Waals surface area (Å²) in [5, 5.41) is 0. The number of hydrogen-bond donors (Lipinski definition) is 0. The molecule has 0 aromatic rings. The third-order valence-electron chi connectivity index (χ3n) is 4.66. The van der Waals surface area contributed by atoms with E-state index in [9.17, 15) is 4.79 Å². The van der Waals surface area contributed by atoms with Gasteiger partial charge in [-0.1, -0.05) is 12.2 Å². The van der Waals surface area contributed by atoms with E-state index >= 15 is 0 Å². The van der Waals surface area contributed by atoms with Crippen LogP contribution < -0.4 is 0 Å². The zero-order chi connectivity index (χ0) is 13.2. The first-order chi connectivity index (χ1) is 9.28. The molecular weight excluding hydrogens is 242 g/mol. The van der Waals surface area contributed by atoms with E-state index in [0.29, 0.717) is 37.0 Å². The van der Waals surface area contributed by atoms with E-state index in [0.717, 1.165) is 32.2 Å². The van der Waals surface area contributed by atoms with Crippen molar-refractivity contribution in [3.05, 3.63) is 12.2 Å². The molecule has 4 nitrogen and oxygen atoms in total. The van der Waals surface area contributed by atoms with Gasteiger partial charge in [0.2, 0.25) is 5.91 Å². The van der Waals surface area contributed by atoms with Crippen LogP contribution in [0.1, 0.15) is 32.6 Å². The van der Waals surface area contributed by atoms with Crippen molar-refractivity contribution in [2.75, 3.05) is 19.8 Å². The summed E-state index contributed by atoms with van der Waals surface area (Å²) in [4.78, 5) is 14.0. The second kappa shape index (κ2) is 5.63. The lowest BCUT2D eigenvalue weighted by atomic mass is 9.80. The Morgan fingerprint density at radius 3 is 2.89 bits per heavy atom. The van der Waals surface area contributed by atoms with Crippen LogP contribution in [0.15, 0.2) is 12.2 Å². The molecule has 1 amide bonds. The number of piperidine rings is 1. The van der Waals surface area contributed by atoms with E-state index in [2.05, 4.69) is 24.0 Å². The van der Waals surface area contributed by atoms with Crippen LogP contribution in [0.5, 0.6) is 0 Å². The van der Waals surface area contributed by atoms with Gasteiger partial charge in [0.1, 0.15) is 0 Å². The zero-order valence-electron chi connectivity index (χ0n) is 11.6. The van der Waals surface area contributed by atoms with Gasteiger partial charge in [0, 0.05) is 25.4 Å². The first-order valence-electron chi connectivity index (χ1n) is 7.43. The van der Waals surface area contributed by atoms with Crippen molar-refractivity contribution in [3.8, 4) is 0 Å². The summed E-state index contributed by atoms with van der Waals surface area (Å²) in [7, 11) is 0. The predicted molar refractivity (Wildman–Crippen MR) is 71.5 cm³/mol. The number of hydrogen-bond acceptors (Lipinski definition) is 3. The smallest absolute Gasteiger partial charge is 0.222 e. The lowest BCUT2D eigenvalue weighted by Crippen LogP contribution is -2.46. The van der Waals surface area contributed by atoms with Crippen molar-refractivity contribution in [1.29, 1.82) is 0 Å². The van der Waals surface area contributed by atoms with Crippen molar-refractivity contribution in [3.63, 3.8) is 0 Å². The molecule has 3 atom stereocenters. The maximum Gasteiger partial charge on any atom is 0.222 e. The molecule has 4 heteroatoms. The van der Waals surface area contributed by atoms with Gasteiger partial charge in [0.25, 0.3) is 0 Å². The maximum absolute atomic E-state index is 11.9. The molecule has 106 valence electrons. The Hall–Kier alpha value is -0.870. The minimum atomic E-state index is -0.0630. The van der Waals surface area contributed by atoms with E-state index in [-0.39, 0.29) is 6.29 Å². The van der Waals surface area contributed by atoms with Gasteiger partial charge in [-0.15, -0.1) is 0 Å². The summed E-state index contributed by atoms with van der Waals surface area (Å²) in [6.45, 7) is 4.36. The molecule has 3 heterocycles. The third kappa shape index (κ3) is 2.70. The van der Waals surface area contributed by atoms with Crippen LogP contribution in [0, 0.1) is 11.8 Å². The fourth-order valence-corrected chi connectivity index (χ4v) is 3.71. The third-order valence-corrected chi connectivity index (χ3v) is 4.66. The van der Waals surface area contributed by atoms with Crippen LogP contribution in [0.4, 0.5) is 0 Å². The van der Waals surface area contributed by atoms with Gasteiger partial charge in [0.05, 0.1) is 13.2 Å². The molecule has 3 aliphatic heterocycles. The van der Waals surface area contributed by atoms with E-state index in [1.165, 1.54) is 0 Å². The molecule has 0 aromatic heterocycles. The first-order valence-corrected chi connectivity index (χ1v) is 7.43. The molecule has 3 saturated heterocycles. The van der Waals surface area contributed by atoms with Crippen LogP contribution in [0.2, 0.25) is 0 Å². The van der Waals surface area contributed by atoms with Crippen molar-refractivity contribution in [1.82, 2.24) is 4.90 Å². The highest BCUT2D eigenvalue weighted by atomic mass is 16.7. The monoisotopic (exact) mass is 265 g/mol. The molecule has 0 N–H and O–H groups in total. The summed E-state index contributed by atoms with van der Waals surface area (Å²) < 4.78 is 11.1. The highest BCUT2D eigenvalue weighted by molar-refractivity contribution is 5.78. The second-order valence-electron chi connectivity index (χ2n) is 5.83. The molecule has 0 aromatic carbocycles. The lowest BCUT2D eigenvalue weighted by molar-refractivity contribution is -0.132. The Labute approximate surface area is 114 Å². The minimum absolute atomic E-state index is 0.0630. The summed E-state index contributed by atoms with van der Waals surface area (Å²) in [6, 6.07) is 0.468. The van der Waals surface area contributed by atoms with Crippen molar-refractivity contribution in [2.45, 2.75) is 44.9 Å². The number of carbonyl (C=O) groups is 1. The average Bonchev–Trinajstić information content (AvgIpc) is 3.02. The highest BCUT2D eigenvalue weighted by Crippen LogP contribution is 2.37. The van der Waals surface area contributed by atoms with Crippen molar-refractivity contribution in [2.24, 2.45) is 11.8 Å². The Morgan fingerprint density at radius 1 is 1.37 bits per heavy atom. The summed E-state index contributed by atoms with van der Waals surface area (Å²) in [5.41, 5.74) is 0. The van der Waals surface area contributed by atoms with Crippen molar-refractivity contribution < 1.29 is 14.3 Å². The van der Waals surface area contributed by atoms with Crippen LogP contribution in [0.25, 0.3) is 0 Å². The summed E-state index contributed by atoms with van der Waals surface area (Å²) >= 11 is 0. The number of ether oxygens (including phenoxy) is 2. The van der Waals surface area contributed by atoms with Crippen LogP contribution >= 0.6 is 0 Å². The first kappa shape index (κ1) is 13.1. The van der Waals surface area contributed by atoms with Crippen LogP contribution in [0.3, 0.4) is 0 Å². The topological polar surface area (TPSA) is 38.8 Å². The zero-order valence-corrected chi connectivity index (χ0v) is 11.6. The van der Waals surface area contributed by atoms with Crippen LogP contribution in [-0.2, 0) is 14.3 Å². The number of amides is 1. The van der Waals surface area contributed by atoms with E-state index in [1.807, 2.05) is 0 Å². The van der Waals surface area contributed by atoms with E-state index in [1.54, 1.807) is 0 Å². The van der Waals surface area contributed by atoms with Gasteiger partial charge in [-0.2, -0.15) is 0 Å². The van der Waals surface area contributed by atoms with Gasteiger partial charge in [-0.3, -0.25) is 4.79 Å². The standard InChI is InChI=1S/C15H23NO3/c1-2-3-11-8-13-4-5-14(17)16(13)10-12(11)9-15-18-6-7-19-15/h2-3,11-13,15H,4-10H2,1H3/b3-2-/t11-,12-,13+/m0/s1. The fraction of sp³-hybridized carbons (Fsp3) is 0.800. The maximum atomic E-state index is 11.9. The second-order valence-corrected chi connectivity index (χ2v) is 5.83. The molecule has 0 saturated carbocycles. The van der Waals surface area contributed by atoms with Gasteiger partial charge in [-0.25, -0.2) is 0 Å². The highest BCUT2D eigenvalue weighted by Gasteiger charge is 2.41. The van der Waals surface area contributed by atoms with Crippen molar-refractivity contribution >= 4 is 5.91 Å². The fourth-order valence-electron chi connectivity index (χ4n) is 3.71. The van der Waals surface area contributed by atoms with Gasteiger partial charge in [0.15, 0.2) is 6.29 Å². The molecule has 3 rings (SSSR count). The Kier molecular flexibility index (Phi) is 3.89. The number of allylic oxidation sites excluding steroid dienone is 2. The quantitative estimate of drug-likeness (QED) is 0.732. The van der Waals surface area contributed by atoms with Gasteiger partial charge in [-0.05, 0) is 31.6 Å². The molecule has 0 aliphatic carbocycles. The average molecular weight is 265 g/mol. The molecule has 0 unspecified atom stereocenters. The van der Waals surface area contributed by atoms with Gasteiger partial charge < -0.3 is 14.4 Å².